The molecule has 1 aromatic heterocycles. The van der Waals surface area contributed by atoms with Gasteiger partial charge in [-0.1, -0.05) is 25.2 Å². The van der Waals surface area contributed by atoms with Gasteiger partial charge in [0.25, 0.3) is 0 Å². The third-order valence-electron chi connectivity index (χ3n) is 1.49. The zero-order chi connectivity index (χ0) is 9.84. The molecule has 3 heteroatoms. The summed E-state index contributed by atoms with van der Waals surface area (Å²) in [6, 6.07) is 3.66. The molecule has 0 fully saturated rings. The van der Waals surface area contributed by atoms with Gasteiger partial charge in [-0.25, -0.2) is 0 Å². The van der Waals surface area contributed by atoms with Crippen LogP contribution in [0.15, 0.2) is 12.1 Å². The molecule has 0 aliphatic carbocycles. The van der Waals surface area contributed by atoms with E-state index in [9.17, 15) is 4.79 Å². The largest absolute Gasteiger partial charge is 0.484 e. The van der Waals surface area contributed by atoms with Crippen molar-refractivity contribution in [1.82, 2.24) is 0 Å². The highest BCUT2D eigenvalue weighted by molar-refractivity contribution is 7.15. The first-order valence-electron chi connectivity index (χ1n) is 4.33. The van der Waals surface area contributed by atoms with Gasteiger partial charge in [-0.2, -0.15) is 0 Å². The van der Waals surface area contributed by atoms with Crippen molar-refractivity contribution in [2.45, 2.75) is 20.8 Å². The summed E-state index contributed by atoms with van der Waals surface area (Å²) < 4.78 is 5.46. The van der Waals surface area contributed by atoms with Crippen LogP contribution in [-0.4, -0.2) is 12.4 Å². The van der Waals surface area contributed by atoms with E-state index in [2.05, 4.69) is 13.8 Å². The minimum atomic E-state index is 0.101. The maximum absolute atomic E-state index is 11.0. The van der Waals surface area contributed by atoms with Gasteiger partial charge in [0.05, 0.1) is 11.5 Å². The van der Waals surface area contributed by atoms with E-state index in [-0.39, 0.29) is 5.78 Å². The van der Waals surface area contributed by atoms with Crippen molar-refractivity contribution in [3.8, 4) is 5.06 Å². The number of Topliss-reactive ketones (excluding diaryl/α,β-unsaturated/α-hetero) is 1. The number of hydrogen-bond donors (Lipinski definition) is 0. The normalized spacial score (nSPS) is 10.5. The zero-order valence-electron chi connectivity index (χ0n) is 8.16. The molecule has 0 spiro atoms. The van der Waals surface area contributed by atoms with Gasteiger partial charge in [0.2, 0.25) is 0 Å². The third-order valence-corrected chi connectivity index (χ3v) is 2.59. The number of ketones is 1. The van der Waals surface area contributed by atoms with Gasteiger partial charge in [0.1, 0.15) is 0 Å². The van der Waals surface area contributed by atoms with E-state index in [1.807, 2.05) is 12.1 Å². The number of carbonyl (C=O) groups excluding carboxylic acids is 1. The average Bonchev–Trinajstić information content (AvgIpc) is 2.48. The highest BCUT2D eigenvalue weighted by Crippen LogP contribution is 2.24. The second kappa shape index (κ2) is 4.42. The molecule has 0 aromatic carbocycles. The van der Waals surface area contributed by atoms with Crippen LogP contribution in [0, 0.1) is 5.92 Å². The van der Waals surface area contributed by atoms with Crippen LogP contribution in [0.5, 0.6) is 5.06 Å². The number of carbonyl (C=O) groups is 1. The second-order valence-corrected chi connectivity index (χ2v) is 4.43. The van der Waals surface area contributed by atoms with E-state index in [0.29, 0.717) is 12.5 Å². The lowest BCUT2D eigenvalue weighted by Gasteiger charge is -2.04. The summed E-state index contributed by atoms with van der Waals surface area (Å²) >= 11 is 1.41. The van der Waals surface area contributed by atoms with Gasteiger partial charge < -0.3 is 4.74 Å². The minimum absolute atomic E-state index is 0.101. The molecular weight excluding hydrogens is 184 g/mol. The van der Waals surface area contributed by atoms with Crippen molar-refractivity contribution >= 4 is 17.1 Å². The van der Waals surface area contributed by atoms with Crippen LogP contribution in [0.2, 0.25) is 0 Å². The van der Waals surface area contributed by atoms with Crippen molar-refractivity contribution in [3.63, 3.8) is 0 Å². The van der Waals surface area contributed by atoms with Gasteiger partial charge in [0.15, 0.2) is 10.8 Å². The molecular formula is C10H14O2S. The number of hydrogen-bond acceptors (Lipinski definition) is 3. The van der Waals surface area contributed by atoms with Crippen molar-refractivity contribution in [3.05, 3.63) is 17.0 Å². The van der Waals surface area contributed by atoms with Gasteiger partial charge in [-0.3, -0.25) is 4.79 Å². The van der Waals surface area contributed by atoms with E-state index < -0.39 is 0 Å². The molecule has 2 nitrogen and oxygen atoms in total. The average molecular weight is 198 g/mol. The predicted octanol–water partition coefficient (Wildman–Crippen LogP) is 2.99. The molecule has 0 atom stereocenters. The molecule has 0 aliphatic heterocycles. The van der Waals surface area contributed by atoms with Crippen LogP contribution < -0.4 is 4.74 Å². The second-order valence-electron chi connectivity index (χ2n) is 3.38. The summed E-state index contributed by atoms with van der Waals surface area (Å²) in [6.07, 6.45) is 0. The van der Waals surface area contributed by atoms with E-state index in [1.165, 1.54) is 11.3 Å². The zero-order valence-corrected chi connectivity index (χ0v) is 8.98. The molecule has 0 aliphatic rings. The SMILES string of the molecule is CC(=O)c1ccc(OCC(C)C)s1. The Kier molecular flexibility index (Phi) is 3.48. The van der Waals surface area contributed by atoms with Crippen LogP contribution in [0.1, 0.15) is 30.4 Å². The number of thiophene rings is 1. The molecule has 13 heavy (non-hydrogen) atoms. The van der Waals surface area contributed by atoms with Crippen LogP contribution in [0.4, 0.5) is 0 Å². The van der Waals surface area contributed by atoms with Gasteiger partial charge in [-0.15, -0.1) is 0 Å². The van der Waals surface area contributed by atoms with E-state index in [0.717, 1.165) is 9.94 Å². The quantitative estimate of drug-likeness (QED) is 0.695. The summed E-state index contributed by atoms with van der Waals surface area (Å²) in [4.78, 5) is 11.7. The Hall–Kier alpha value is -0.830. The van der Waals surface area contributed by atoms with Crippen LogP contribution in [0.3, 0.4) is 0 Å². The van der Waals surface area contributed by atoms with E-state index in [4.69, 9.17) is 4.74 Å². The Morgan fingerprint density at radius 3 is 2.69 bits per heavy atom. The fourth-order valence-electron chi connectivity index (χ4n) is 0.836. The monoisotopic (exact) mass is 198 g/mol. The van der Waals surface area contributed by atoms with Crippen molar-refractivity contribution in [1.29, 1.82) is 0 Å². The fourth-order valence-corrected chi connectivity index (χ4v) is 1.60. The molecule has 72 valence electrons. The standard InChI is InChI=1S/C10H14O2S/c1-7(2)6-12-10-5-4-9(13-10)8(3)11/h4-5,7H,6H2,1-3H3. The summed E-state index contributed by atoms with van der Waals surface area (Å²) in [5.41, 5.74) is 0. The molecule has 0 radical (unpaired) electrons. The Labute approximate surface area is 82.5 Å². The molecule has 0 N–H and O–H groups in total. The van der Waals surface area contributed by atoms with Gasteiger partial charge in [0, 0.05) is 0 Å². The fraction of sp³-hybridized carbons (Fsp3) is 0.500. The lowest BCUT2D eigenvalue weighted by Crippen LogP contribution is -2.02. The van der Waals surface area contributed by atoms with Crippen molar-refractivity contribution in [2.24, 2.45) is 5.92 Å². The van der Waals surface area contributed by atoms with Crippen molar-refractivity contribution < 1.29 is 9.53 Å². The summed E-state index contributed by atoms with van der Waals surface area (Å²) in [5, 5.41) is 0.832. The number of ether oxygens (including phenoxy) is 1. The third kappa shape index (κ3) is 3.19. The summed E-state index contributed by atoms with van der Waals surface area (Å²) in [7, 11) is 0. The smallest absolute Gasteiger partial charge is 0.174 e. The van der Waals surface area contributed by atoms with E-state index >= 15 is 0 Å². The Balaban J connectivity index is 2.54. The highest BCUT2D eigenvalue weighted by atomic mass is 32.1. The molecule has 0 amide bonds. The molecule has 0 unspecified atom stereocenters. The molecule has 0 saturated carbocycles. The molecule has 1 rings (SSSR count). The van der Waals surface area contributed by atoms with Gasteiger partial charge in [-0.05, 0) is 25.0 Å². The maximum atomic E-state index is 11.0. The minimum Gasteiger partial charge on any atom is -0.484 e. The first-order chi connectivity index (χ1) is 6.09. The first-order valence-corrected chi connectivity index (χ1v) is 5.15. The maximum Gasteiger partial charge on any atom is 0.174 e. The molecule has 0 saturated heterocycles. The van der Waals surface area contributed by atoms with E-state index in [1.54, 1.807) is 6.92 Å². The Morgan fingerprint density at radius 2 is 2.23 bits per heavy atom. The van der Waals surface area contributed by atoms with Crippen LogP contribution in [-0.2, 0) is 0 Å². The number of rotatable bonds is 4. The molecule has 1 heterocycles. The highest BCUT2D eigenvalue weighted by Gasteiger charge is 2.05. The molecule has 1 aromatic rings. The van der Waals surface area contributed by atoms with Crippen molar-refractivity contribution in [2.75, 3.05) is 6.61 Å². The lowest BCUT2D eigenvalue weighted by molar-refractivity contribution is 0.102. The Morgan fingerprint density at radius 1 is 1.54 bits per heavy atom. The summed E-state index contributed by atoms with van der Waals surface area (Å²) in [5.74, 6) is 0.618. The molecule has 0 bridgehead atoms. The predicted molar refractivity (Wildman–Crippen MR) is 54.7 cm³/mol. The topological polar surface area (TPSA) is 26.3 Å². The lowest BCUT2D eigenvalue weighted by atomic mass is 10.2. The summed E-state index contributed by atoms with van der Waals surface area (Å²) in [6.45, 7) is 6.47. The first kappa shape index (κ1) is 10.3. The van der Waals surface area contributed by atoms with Crippen LogP contribution in [0.25, 0.3) is 0 Å². The van der Waals surface area contributed by atoms with Gasteiger partial charge >= 0.3 is 0 Å². The Bertz CT molecular complexity index is 289. The van der Waals surface area contributed by atoms with Crippen LogP contribution >= 0.6 is 11.3 Å².